The van der Waals surface area contributed by atoms with Crippen LogP contribution in [0.3, 0.4) is 0 Å². The molecule has 2 atom stereocenters. The molecule has 2 bridgehead atoms. The van der Waals surface area contributed by atoms with Crippen LogP contribution in [-0.4, -0.2) is 28.2 Å². The number of halogens is 1. The van der Waals surface area contributed by atoms with Gasteiger partial charge in [-0.15, -0.1) is 0 Å². The normalized spacial score (nSPS) is 31.5. The summed E-state index contributed by atoms with van der Waals surface area (Å²) in [5.74, 6) is 0.635. The van der Waals surface area contributed by atoms with E-state index in [4.69, 9.17) is 16.3 Å². The monoisotopic (exact) mass is 253 g/mol. The van der Waals surface area contributed by atoms with Crippen molar-refractivity contribution in [2.24, 2.45) is 0 Å². The summed E-state index contributed by atoms with van der Waals surface area (Å²) in [5, 5.41) is 4.07. The molecular formula is C12H16ClN3O. The molecule has 3 heterocycles. The van der Waals surface area contributed by atoms with E-state index in [1.165, 1.54) is 19.2 Å². The molecular weight excluding hydrogens is 238 g/mol. The lowest BCUT2D eigenvalue weighted by Gasteiger charge is -2.29. The zero-order valence-corrected chi connectivity index (χ0v) is 10.6. The van der Waals surface area contributed by atoms with Crippen LogP contribution in [0.5, 0.6) is 5.88 Å². The second-order valence-corrected chi connectivity index (χ2v) is 5.30. The van der Waals surface area contributed by atoms with Gasteiger partial charge in [0.15, 0.2) is 0 Å². The first kappa shape index (κ1) is 11.2. The van der Waals surface area contributed by atoms with Gasteiger partial charge in [-0.05, 0) is 32.6 Å². The van der Waals surface area contributed by atoms with E-state index in [1.54, 1.807) is 0 Å². The van der Waals surface area contributed by atoms with Crippen LogP contribution in [0.1, 0.15) is 31.2 Å². The third-order valence-corrected chi connectivity index (χ3v) is 4.07. The lowest BCUT2D eigenvalue weighted by Crippen LogP contribution is -2.42. The molecule has 0 radical (unpaired) electrons. The minimum Gasteiger partial charge on any atom is -0.474 e. The Labute approximate surface area is 106 Å². The van der Waals surface area contributed by atoms with Crippen LogP contribution in [-0.2, 0) is 0 Å². The summed E-state index contributed by atoms with van der Waals surface area (Å²) in [6.45, 7) is 1.90. The molecule has 1 aromatic heterocycles. The highest BCUT2D eigenvalue weighted by atomic mass is 35.5. The van der Waals surface area contributed by atoms with Gasteiger partial charge in [-0.2, -0.15) is 0 Å². The molecule has 17 heavy (non-hydrogen) atoms. The van der Waals surface area contributed by atoms with Crippen LogP contribution in [0.15, 0.2) is 6.33 Å². The Hall–Kier alpha value is -0.870. The predicted octanol–water partition coefficient (Wildman–Crippen LogP) is 2.10. The predicted molar refractivity (Wildman–Crippen MR) is 65.4 cm³/mol. The molecule has 92 valence electrons. The Balaban J connectivity index is 1.72. The standard InChI is InChI=1S/C12H16ClN3O/c1-7-11(13)14-6-15-12(7)17-10-4-8-2-3-9(5-10)16-8/h6,8-10,16H,2-5H2,1H3/t8-,9-/m0/s1. The number of nitrogens with one attached hydrogen (secondary N) is 1. The van der Waals surface area contributed by atoms with Crippen LogP contribution in [0, 0.1) is 6.92 Å². The van der Waals surface area contributed by atoms with E-state index >= 15 is 0 Å². The smallest absolute Gasteiger partial charge is 0.221 e. The Morgan fingerprint density at radius 3 is 2.71 bits per heavy atom. The summed E-state index contributed by atoms with van der Waals surface area (Å²) in [7, 11) is 0. The highest BCUT2D eigenvalue weighted by Gasteiger charge is 2.34. The quantitative estimate of drug-likeness (QED) is 0.820. The van der Waals surface area contributed by atoms with Crippen molar-refractivity contribution in [2.75, 3.05) is 0 Å². The lowest BCUT2D eigenvalue weighted by atomic mass is 10.0. The number of ether oxygens (including phenoxy) is 1. The van der Waals surface area contributed by atoms with Gasteiger partial charge in [0.05, 0.1) is 0 Å². The second-order valence-electron chi connectivity index (χ2n) is 4.94. The minimum absolute atomic E-state index is 0.262. The zero-order chi connectivity index (χ0) is 11.8. The van der Waals surface area contributed by atoms with Crippen LogP contribution < -0.4 is 10.1 Å². The summed E-state index contributed by atoms with van der Waals surface area (Å²) in [6, 6.07) is 1.24. The average Bonchev–Trinajstić information content (AvgIpc) is 2.65. The van der Waals surface area contributed by atoms with Gasteiger partial charge in [0.25, 0.3) is 0 Å². The molecule has 0 aromatic carbocycles. The van der Waals surface area contributed by atoms with E-state index < -0.39 is 0 Å². The Kier molecular flexibility index (Phi) is 2.92. The number of rotatable bonds is 2. The van der Waals surface area contributed by atoms with E-state index in [-0.39, 0.29) is 6.10 Å². The molecule has 0 unspecified atom stereocenters. The molecule has 0 aliphatic carbocycles. The Bertz CT molecular complexity index is 414. The van der Waals surface area contributed by atoms with Crippen molar-refractivity contribution in [3.8, 4) is 5.88 Å². The molecule has 2 aliphatic heterocycles. The minimum atomic E-state index is 0.262. The maximum absolute atomic E-state index is 5.97. The van der Waals surface area contributed by atoms with E-state index in [1.807, 2.05) is 6.92 Å². The lowest BCUT2D eigenvalue weighted by molar-refractivity contribution is 0.130. The van der Waals surface area contributed by atoms with Crippen molar-refractivity contribution < 1.29 is 4.74 Å². The van der Waals surface area contributed by atoms with Crippen LogP contribution in [0.25, 0.3) is 0 Å². The maximum Gasteiger partial charge on any atom is 0.221 e. The fraction of sp³-hybridized carbons (Fsp3) is 0.667. The van der Waals surface area contributed by atoms with Gasteiger partial charge in [-0.25, -0.2) is 9.97 Å². The molecule has 2 fully saturated rings. The van der Waals surface area contributed by atoms with Gasteiger partial charge < -0.3 is 10.1 Å². The van der Waals surface area contributed by atoms with Crippen molar-refractivity contribution >= 4 is 11.6 Å². The summed E-state index contributed by atoms with van der Waals surface area (Å²) < 4.78 is 5.97. The number of fused-ring (bicyclic) bond motifs is 2. The Morgan fingerprint density at radius 2 is 2.00 bits per heavy atom. The number of aromatic nitrogens is 2. The van der Waals surface area contributed by atoms with Crippen molar-refractivity contribution in [1.29, 1.82) is 0 Å². The SMILES string of the molecule is Cc1c(Cl)ncnc1OC1C[C@@H]2CC[C@@H](C1)N2. The fourth-order valence-corrected chi connectivity index (χ4v) is 2.92. The van der Waals surface area contributed by atoms with Gasteiger partial charge >= 0.3 is 0 Å². The highest BCUT2D eigenvalue weighted by Crippen LogP contribution is 2.30. The molecule has 0 amide bonds. The van der Waals surface area contributed by atoms with E-state index in [0.717, 1.165) is 18.4 Å². The average molecular weight is 254 g/mol. The first-order chi connectivity index (χ1) is 8.22. The third-order valence-electron chi connectivity index (χ3n) is 3.68. The van der Waals surface area contributed by atoms with Gasteiger partial charge in [-0.1, -0.05) is 11.6 Å². The van der Waals surface area contributed by atoms with Crippen molar-refractivity contribution in [3.63, 3.8) is 0 Å². The Morgan fingerprint density at radius 1 is 1.29 bits per heavy atom. The van der Waals surface area contributed by atoms with Gasteiger partial charge in [0.1, 0.15) is 17.6 Å². The summed E-state index contributed by atoms with van der Waals surface area (Å²) in [5.41, 5.74) is 0.833. The maximum atomic E-state index is 5.97. The molecule has 0 spiro atoms. The van der Waals surface area contributed by atoms with Gasteiger partial charge in [-0.3, -0.25) is 0 Å². The molecule has 2 saturated heterocycles. The summed E-state index contributed by atoms with van der Waals surface area (Å²) >= 11 is 5.96. The first-order valence-corrected chi connectivity index (χ1v) is 6.50. The van der Waals surface area contributed by atoms with Crippen molar-refractivity contribution in [2.45, 2.75) is 50.8 Å². The van der Waals surface area contributed by atoms with Crippen molar-refractivity contribution in [1.82, 2.24) is 15.3 Å². The second kappa shape index (κ2) is 4.42. The molecule has 1 aromatic rings. The van der Waals surface area contributed by atoms with Crippen LogP contribution >= 0.6 is 11.6 Å². The molecule has 5 heteroatoms. The highest BCUT2D eigenvalue weighted by molar-refractivity contribution is 6.30. The van der Waals surface area contributed by atoms with Crippen LogP contribution in [0.4, 0.5) is 0 Å². The number of nitrogens with zero attached hydrogens (tertiary/aromatic N) is 2. The number of hydrogen-bond acceptors (Lipinski definition) is 4. The van der Waals surface area contributed by atoms with E-state index in [0.29, 0.717) is 23.1 Å². The van der Waals surface area contributed by atoms with Crippen molar-refractivity contribution in [3.05, 3.63) is 17.0 Å². The van der Waals surface area contributed by atoms with E-state index in [2.05, 4.69) is 15.3 Å². The number of hydrogen-bond donors (Lipinski definition) is 1. The summed E-state index contributed by atoms with van der Waals surface area (Å²) in [4.78, 5) is 8.10. The first-order valence-electron chi connectivity index (χ1n) is 6.12. The molecule has 0 saturated carbocycles. The number of piperidine rings is 1. The van der Waals surface area contributed by atoms with Gasteiger partial charge in [0, 0.05) is 17.6 Å². The molecule has 3 rings (SSSR count). The molecule has 2 aliphatic rings. The van der Waals surface area contributed by atoms with E-state index in [9.17, 15) is 0 Å². The molecule has 4 nitrogen and oxygen atoms in total. The zero-order valence-electron chi connectivity index (χ0n) is 9.82. The largest absolute Gasteiger partial charge is 0.474 e. The third kappa shape index (κ3) is 2.24. The molecule has 1 N–H and O–H groups in total. The fourth-order valence-electron chi connectivity index (χ4n) is 2.79. The summed E-state index contributed by atoms with van der Waals surface area (Å²) in [6.07, 6.45) is 6.40. The van der Waals surface area contributed by atoms with Gasteiger partial charge in [0.2, 0.25) is 5.88 Å². The van der Waals surface area contributed by atoms with Crippen LogP contribution in [0.2, 0.25) is 5.15 Å². The topological polar surface area (TPSA) is 47.0 Å².